The van der Waals surface area contributed by atoms with E-state index >= 15 is 0 Å². The van der Waals surface area contributed by atoms with Gasteiger partial charge in [0.1, 0.15) is 0 Å². The van der Waals surface area contributed by atoms with Crippen LogP contribution in [-0.4, -0.2) is 52.2 Å². The predicted octanol–water partition coefficient (Wildman–Crippen LogP) is 2.15. The highest BCUT2D eigenvalue weighted by molar-refractivity contribution is 5.15. The van der Waals surface area contributed by atoms with E-state index in [1.54, 1.807) is 0 Å². The Bertz CT molecular complexity index is 576. The average Bonchev–Trinajstić information content (AvgIpc) is 2.59. The third kappa shape index (κ3) is 4.61. The van der Waals surface area contributed by atoms with Crippen LogP contribution in [0.15, 0.2) is 54.9 Å². The zero-order valence-corrected chi connectivity index (χ0v) is 13.5. The Morgan fingerprint density at radius 3 is 2.57 bits per heavy atom. The molecule has 2 heterocycles. The largest absolute Gasteiger partial charge is 0.396 e. The summed E-state index contributed by atoms with van der Waals surface area (Å²) in [6.45, 7) is 5.25. The molecule has 1 saturated heterocycles. The molecule has 0 radical (unpaired) electrons. The van der Waals surface area contributed by atoms with Crippen molar-refractivity contribution in [2.75, 3.05) is 26.2 Å². The van der Waals surface area contributed by atoms with Crippen LogP contribution in [0.1, 0.15) is 17.5 Å². The summed E-state index contributed by atoms with van der Waals surface area (Å²) in [5.41, 5.74) is 2.60. The highest BCUT2D eigenvalue weighted by atomic mass is 16.3. The molecule has 0 saturated carbocycles. The average molecular weight is 311 g/mol. The van der Waals surface area contributed by atoms with Crippen molar-refractivity contribution in [2.24, 2.45) is 0 Å². The minimum Gasteiger partial charge on any atom is -0.396 e. The molecule has 1 aromatic carbocycles. The maximum Gasteiger partial charge on any atom is 0.0446 e. The topological polar surface area (TPSA) is 39.6 Å². The lowest BCUT2D eigenvalue weighted by Gasteiger charge is -2.41. The second-order valence-corrected chi connectivity index (χ2v) is 6.22. The summed E-state index contributed by atoms with van der Waals surface area (Å²) in [5, 5.41) is 9.42. The van der Waals surface area contributed by atoms with Gasteiger partial charge in [-0.15, -0.1) is 0 Å². The summed E-state index contributed by atoms with van der Waals surface area (Å²) in [6, 6.07) is 15.1. The summed E-state index contributed by atoms with van der Waals surface area (Å²) in [7, 11) is 0. The van der Waals surface area contributed by atoms with E-state index in [2.05, 4.69) is 51.2 Å². The second kappa shape index (κ2) is 8.20. The number of rotatable bonds is 6. The van der Waals surface area contributed by atoms with Gasteiger partial charge in [0.15, 0.2) is 0 Å². The SMILES string of the molecule is OCCC1CN(Cc2cccnc2)CCN1Cc1ccccc1. The van der Waals surface area contributed by atoms with Gasteiger partial charge in [-0.3, -0.25) is 14.8 Å². The number of benzene rings is 1. The van der Waals surface area contributed by atoms with E-state index < -0.39 is 0 Å². The lowest BCUT2D eigenvalue weighted by molar-refractivity contribution is 0.0499. The first-order chi connectivity index (χ1) is 11.3. The molecule has 0 spiro atoms. The molecule has 0 aliphatic carbocycles. The lowest BCUT2D eigenvalue weighted by Crippen LogP contribution is -2.52. The number of nitrogens with zero attached hydrogens (tertiary/aromatic N) is 3. The first-order valence-electron chi connectivity index (χ1n) is 8.35. The van der Waals surface area contributed by atoms with Gasteiger partial charge >= 0.3 is 0 Å². The molecule has 1 aliphatic rings. The van der Waals surface area contributed by atoms with Gasteiger partial charge in [0.25, 0.3) is 0 Å². The number of hydrogen-bond donors (Lipinski definition) is 1. The summed E-state index contributed by atoms with van der Waals surface area (Å²) >= 11 is 0. The van der Waals surface area contributed by atoms with Gasteiger partial charge in [-0.25, -0.2) is 0 Å². The van der Waals surface area contributed by atoms with Crippen molar-refractivity contribution in [1.29, 1.82) is 0 Å². The van der Waals surface area contributed by atoms with Crippen molar-refractivity contribution in [3.8, 4) is 0 Å². The third-order valence-corrected chi connectivity index (χ3v) is 4.51. The molecular formula is C19H25N3O. The predicted molar refractivity (Wildman–Crippen MR) is 91.9 cm³/mol. The summed E-state index contributed by atoms with van der Waals surface area (Å²) in [4.78, 5) is 9.18. The van der Waals surface area contributed by atoms with Gasteiger partial charge < -0.3 is 5.11 Å². The molecule has 0 bridgehead atoms. The van der Waals surface area contributed by atoms with Crippen molar-refractivity contribution in [2.45, 2.75) is 25.6 Å². The second-order valence-electron chi connectivity index (χ2n) is 6.22. The van der Waals surface area contributed by atoms with Crippen molar-refractivity contribution >= 4 is 0 Å². The molecule has 4 nitrogen and oxygen atoms in total. The Labute approximate surface area is 138 Å². The summed E-state index contributed by atoms with van der Waals surface area (Å²) in [6.07, 6.45) is 4.59. The number of aliphatic hydroxyl groups excluding tert-OH is 1. The van der Waals surface area contributed by atoms with Crippen LogP contribution in [0, 0.1) is 0 Å². The van der Waals surface area contributed by atoms with Crippen molar-refractivity contribution < 1.29 is 5.11 Å². The Morgan fingerprint density at radius 1 is 1.00 bits per heavy atom. The Balaban J connectivity index is 1.61. The number of aromatic nitrogens is 1. The van der Waals surface area contributed by atoms with Crippen LogP contribution in [0.4, 0.5) is 0 Å². The molecule has 1 aromatic heterocycles. The molecule has 2 aromatic rings. The lowest BCUT2D eigenvalue weighted by atomic mass is 10.1. The van der Waals surface area contributed by atoms with Crippen molar-refractivity contribution in [1.82, 2.24) is 14.8 Å². The number of piperazine rings is 1. The monoisotopic (exact) mass is 311 g/mol. The van der Waals surface area contributed by atoms with E-state index in [1.165, 1.54) is 11.1 Å². The van der Waals surface area contributed by atoms with Gasteiger partial charge in [0.05, 0.1) is 0 Å². The van der Waals surface area contributed by atoms with Crippen LogP contribution in [0.2, 0.25) is 0 Å². The van der Waals surface area contributed by atoms with Gasteiger partial charge in [0.2, 0.25) is 0 Å². The number of aliphatic hydroxyl groups is 1. The Morgan fingerprint density at radius 2 is 1.83 bits per heavy atom. The molecule has 3 rings (SSSR count). The Hall–Kier alpha value is -1.75. The van der Waals surface area contributed by atoms with E-state index in [9.17, 15) is 5.11 Å². The molecule has 1 atom stereocenters. The van der Waals surface area contributed by atoms with E-state index in [1.807, 2.05) is 18.5 Å². The zero-order chi connectivity index (χ0) is 15.9. The Kier molecular flexibility index (Phi) is 5.75. The van der Waals surface area contributed by atoms with Crippen molar-refractivity contribution in [3.05, 3.63) is 66.0 Å². The van der Waals surface area contributed by atoms with E-state index in [4.69, 9.17) is 0 Å². The molecule has 122 valence electrons. The highest BCUT2D eigenvalue weighted by Gasteiger charge is 2.26. The summed E-state index contributed by atoms with van der Waals surface area (Å²) < 4.78 is 0. The molecule has 1 aliphatic heterocycles. The van der Waals surface area contributed by atoms with Crippen LogP contribution in [0.25, 0.3) is 0 Å². The minimum atomic E-state index is 0.247. The summed E-state index contributed by atoms with van der Waals surface area (Å²) in [5.74, 6) is 0. The van der Waals surface area contributed by atoms with E-state index in [0.29, 0.717) is 6.04 Å². The number of hydrogen-bond acceptors (Lipinski definition) is 4. The maximum atomic E-state index is 9.42. The number of pyridine rings is 1. The van der Waals surface area contributed by atoms with Crippen LogP contribution in [0.5, 0.6) is 0 Å². The standard InChI is InChI=1S/C19H25N3O/c23-12-8-19-16-21(14-18-7-4-9-20-13-18)10-11-22(19)15-17-5-2-1-3-6-17/h1-7,9,13,19,23H,8,10-12,14-16H2. The zero-order valence-electron chi connectivity index (χ0n) is 13.5. The van der Waals surface area contributed by atoms with Crippen LogP contribution in [0.3, 0.4) is 0 Å². The maximum absolute atomic E-state index is 9.42. The van der Waals surface area contributed by atoms with Crippen LogP contribution >= 0.6 is 0 Å². The first kappa shape index (κ1) is 16.1. The van der Waals surface area contributed by atoms with Gasteiger partial charge in [-0.1, -0.05) is 36.4 Å². The minimum absolute atomic E-state index is 0.247. The molecule has 0 amide bonds. The smallest absolute Gasteiger partial charge is 0.0446 e. The van der Waals surface area contributed by atoms with E-state index in [0.717, 1.165) is 39.1 Å². The molecule has 1 N–H and O–H groups in total. The fourth-order valence-electron chi connectivity index (χ4n) is 3.30. The van der Waals surface area contributed by atoms with Crippen molar-refractivity contribution in [3.63, 3.8) is 0 Å². The molecular weight excluding hydrogens is 286 g/mol. The van der Waals surface area contributed by atoms with Gasteiger partial charge in [-0.05, 0) is 23.6 Å². The normalized spacial score (nSPS) is 19.8. The fourth-order valence-corrected chi connectivity index (χ4v) is 3.30. The van der Waals surface area contributed by atoms with Gasteiger partial charge in [-0.2, -0.15) is 0 Å². The highest BCUT2D eigenvalue weighted by Crippen LogP contribution is 2.18. The molecule has 23 heavy (non-hydrogen) atoms. The van der Waals surface area contributed by atoms with Gasteiger partial charge in [0, 0.05) is 57.8 Å². The fraction of sp³-hybridized carbons (Fsp3) is 0.421. The van der Waals surface area contributed by atoms with Crippen LogP contribution < -0.4 is 0 Å². The third-order valence-electron chi connectivity index (χ3n) is 4.51. The quantitative estimate of drug-likeness (QED) is 0.887. The van der Waals surface area contributed by atoms with E-state index in [-0.39, 0.29) is 6.61 Å². The molecule has 1 unspecified atom stereocenters. The van der Waals surface area contributed by atoms with Crippen LogP contribution in [-0.2, 0) is 13.1 Å². The molecule has 4 heteroatoms. The first-order valence-corrected chi connectivity index (χ1v) is 8.35. The molecule has 1 fully saturated rings.